The molecule has 2 N–H and O–H groups in total. The van der Waals surface area contributed by atoms with E-state index in [1.54, 1.807) is 0 Å². The molecule has 0 aromatic carbocycles. The zero-order valence-electron chi connectivity index (χ0n) is 9.29. The SMILES string of the molecule is CCC(C)C/C(C(=O)OC)=C(\N)OC. The number of esters is 1. The van der Waals surface area contributed by atoms with E-state index in [1.165, 1.54) is 14.2 Å². The van der Waals surface area contributed by atoms with Gasteiger partial charge in [-0.25, -0.2) is 4.79 Å². The number of ether oxygens (including phenoxy) is 2. The number of hydrogen-bond donors (Lipinski definition) is 1. The van der Waals surface area contributed by atoms with Crippen molar-refractivity contribution in [2.24, 2.45) is 11.7 Å². The molecular formula is C10H19NO3. The predicted octanol–water partition coefficient (Wildman–Crippen LogP) is 1.41. The maximum absolute atomic E-state index is 11.3. The first kappa shape index (κ1) is 12.8. The van der Waals surface area contributed by atoms with E-state index in [9.17, 15) is 4.79 Å². The molecule has 1 unspecified atom stereocenters. The molecule has 1 atom stereocenters. The Bertz CT molecular complexity index is 223. The molecule has 4 heteroatoms. The first-order valence-electron chi connectivity index (χ1n) is 4.67. The summed E-state index contributed by atoms with van der Waals surface area (Å²) in [6, 6.07) is 0. The summed E-state index contributed by atoms with van der Waals surface area (Å²) < 4.78 is 9.46. The van der Waals surface area contributed by atoms with Crippen LogP contribution < -0.4 is 5.73 Å². The summed E-state index contributed by atoms with van der Waals surface area (Å²) in [4.78, 5) is 11.3. The quantitative estimate of drug-likeness (QED) is 0.415. The summed E-state index contributed by atoms with van der Waals surface area (Å²) in [5.74, 6) is 0.125. The highest BCUT2D eigenvalue weighted by Gasteiger charge is 2.17. The standard InChI is InChI=1S/C10H19NO3/c1-5-7(2)6-8(9(11)13-3)10(12)14-4/h7H,5-6,11H2,1-4H3/b9-8-. The van der Waals surface area contributed by atoms with Gasteiger partial charge in [0.1, 0.15) is 0 Å². The Balaban J connectivity index is 4.66. The van der Waals surface area contributed by atoms with E-state index in [0.29, 0.717) is 17.9 Å². The van der Waals surface area contributed by atoms with E-state index >= 15 is 0 Å². The monoisotopic (exact) mass is 201 g/mol. The first-order chi connectivity index (χ1) is 6.56. The summed E-state index contributed by atoms with van der Waals surface area (Å²) in [6.07, 6.45) is 1.57. The van der Waals surface area contributed by atoms with Crippen LogP contribution in [0.15, 0.2) is 11.5 Å². The number of carbonyl (C=O) groups excluding carboxylic acids is 1. The van der Waals surface area contributed by atoms with E-state index in [2.05, 4.69) is 11.7 Å². The van der Waals surface area contributed by atoms with Crippen LogP contribution in [0.3, 0.4) is 0 Å². The maximum atomic E-state index is 11.3. The van der Waals surface area contributed by atoms with Gasteiger partial charge in [0.15, 0.2) is 5.88 Å². The largest absolute Gasteiger partial charge is 0.482 e. The average molecular weight is 201 g/mol. The van der Waals surface area contributed by atoms with Crippen LogP contribution in [0.25, 0.3) is 0 Å². The van der Waals surface area contributed by atoms with Crippen molar-refractivity contribution in [3.8, 4) is 0 Å². The van der Waals surface area contributed by atoms with Crippen LogP contribution in [0.5, 0.6) is 0 Å². The van der Waals surface area contributed by atoms with Gasteiger partial charge in [0, 0.05) is 0 Å². The van der Waals surface area contributed by atoms with Crippen LogP contribution >= 0.6 is 0 Å². The van der Waals surface area contributed by atoms with Crippen LogP contribution in [-0.2, 0) is 14.3 Å². The van der Waals surface area contributed by atoms with Crippen molar-refractivity contribution in [2.75, 3.05) is 14.2 Å². The third kappa shape index (κ3) is 3.68. The lowest BCUT2D eigenvalue weighted by Gasteiger charge is -2.12. The second kappa shape index (κ2) is 6.29. The van der Waals surface area contributed by atoms with E-state index in [-0.39, 0.29) is 5.88 Å². The lowest BCUT2D eigenvalue weighted by molar-refractivity contribution is -0.136. The fraction of sp³-hybridized carbons (Fsp3) is 0.700. The van der Waals surface area contributed by atoms with Crippen LogP contribution in [0.4, 0.5) is 0 Å². The molecule has 0 aliphatic carbocycles. The van der Waals surface area contributed by atoms with Gasteiger partial charge in [0.25, 0.3) is 0 Å². The Morgan fingerprint density at radius 3 is 2.29 bits per heavy atom. The Labute approximate surface area is 85.1 Å². The summed E-state index contributed by atoms with van der Waals surface area (Å²) in [6.45, 7) is 4.11. The van der Waals surface area contributed by atoms with Gasteiger partial charge in [0.2, 0.25) is 0 Å². The molecule has 0 heterocycles. The molecule has 14 heavy (non-hydrogen) atoms. The Morgan fingerprint density at radius 2 is 1.93 bits per heavy atom. The molecule has 0 radical (unpaired) electrons. The summed E-state index contributed by atoms with van der Waals surface area (Å²) in [7, 11) is 2.77. The summed E-state index contributed by atoms with van der Waals surface area (Å²) >= 11 is 0. The van der Waals surface area contributed by atoms with Gasteiger partial charge in [-0.3, -0.25) is 0 Å². The van der Waals surface area contributed by atoms with Crippen molar-refractivity contribution < 1.29 is 14.3 Å². The van der Waals surface area contributed by atoms with E-state index < -0.39 is 5.97 Å². The fourth-order valence-electron chi connectivity index (χ4n) is 1.02. The molecular weight excluding hydrogens is 182 g/mol. The number of nitrogens with two attached hydrogens (primary N) is 1. The van der Waals surface area contributed by atoms with Crippen molar-refractivity contribution in [1.82, 2.24) is 0 Å². The molecule has 0 amide bonds. The molecule has 0 aliphatic heterocycles. The van der Waals surface area contributed by atoms with Gasteiger partial charge in [-0.2, -0.15) is 0 Å². The van der Waals surface area contributed by atoms with Crippen LogP contribution in [0.2, 0.25) is 0 Å². The number of carbonyl (C=O) groups is 1. The minimum atomic E-state index is -0.412. The molecule has 0 aromatic heterocycles. The lowest BCUT2D eigenvalue weighted by Crippen LogP contribution is -2.16. The van der Waals surface area contributed by atoms with Gasteiger partial charge < -0.3 is 15.2 Å². The van der Waals surface area contributed by atoms with Crippen molar-refractivity contribution in [3.05, 3.63) is 11.5 Å². The number of rotatable bonds is 5. The van der Waals surface area contributed by atoms with E-state index in [1.807, 2.05) is 6.92 Å². The van der Waals surface area contributed by atoms with Gasteiger partial charge in [-0.15, -0.1) is 0 Å². The maximum Gasteiger partial charge on any atom is 0.339 e. The highest BCUT2D eigenvalue weighted by atomic mass is 16.5. The Morgan fingerprint density at radius 1 is 1.36 bits per heavy atom. The normalized spacial score (nSPS) is 14.3. The molecule has 82 valence electrons. The van der Waals surface area contributed by atoms with Crippen molar-refractivity contribution in [2.45, 2.75) is 26.7 Å². The number of hydrogen-bond acceptors (Lipinski definition) is 4. The highest BCUT2D eigenvalue weighted by molar-refractivity contribution is 5.88. The van der Waals surface area contributed by atoms with Gasteiger partial charge in [-0.1, -0.05) is 20.3 Å². The Kier molecular flexibility index (Phi) is 5.76. The third-order valence-electron chi connectivity index (χ3n) is 2.20. The molecule has 0 fully saturated rings. The minimum absolute atomic E-state index is 0.150. The molecule has 4 nitrogen and oxygen atoms in total. The molecule has 0 saturated heterocycles. The first-order valence-corrected chi connectivity index (χ1v) is 4.67. The van der Waals surface area contributed by atoms with Crippen molar-refractivity contribution >= 4 is 5.97 Å². The molecule has 0 spiro atoms. The van der Waals surface area contributed by atoms with E-state index in [4.69, 9.17) is 10.5 Å². The summed E-state index contributed by atoms with van der Waals surface area (Å²) in [5, 5.41) is 0. The molecule has 0 saturated carbocycles. The fourth-order valence-corrected chi connectivity index (χ4v) is 1.02. The van der Waals surface area contributed by atoms with Gasteiger partial charge in [0.05, 0.1) is 19.8 Å². The molecule has 0 aromatic rings. The zero-order chi connectivity index (χ0) is 11.1. The summed E-state index contributed by atoms with van der Waals surface area (Å²) in [5.41, 5.74) is 5.97. The third-order valence-corrected chi connectivity index (χ3v) is 2.20. The topological polar surface area (TPSA) is 61.5 Å². The lowest BCUT2D eigenvalue weighted by atomic mass is 9.99. The minimum Gasteiger partial charge on any atom is -0.482 e. The number of methoxy groups -OCH3 is 2. The van der Waals surface area contributed by atoms with Crippen LogP contribution in [0.1, 0.15) is 26.7 Å². The Hall–Kier alpha value is -1.19. The van der Waals surface area contributed by atoms with Crippen molar-refractivity contribution in [3.63, 3.8) is 0 Å². The molecule has 0 rings (SSSR count). The van der Waals surface area contributed by atoms with Crippen LogP contribution in [-0.4, -0.2) is 20.2 Å². The smallest absolute Gasteiger partial charge is 0.339 e. The highest BCUT2D eigenvalue weighted by Crippen LogP contribution is 2.17. The predicted molar refractivity (Wildman–Crippen MR) is 54.3 cm³/mol. The second-order valence-corrected chi connectivity index (χ2v) is 3.26. The second-order valence-electron chi connectivity index (χ2n) is 3.26. The van der Waals surface area contributed by atoms with Crippen molar-refractivity contribution in [1.29, 1.82) is 0 Å². The van der Waals surface area contributed by atoms with Gasteiger partial charge >= 0.3 is 5.97 Å². The van der Waals surface area contributed by atoms with Gasteiger partial charge in [-0.05, 0) is 12.3 Å². The van der Waals surface area contributed by atoms with Crippen LogP contribution in [0, 0.1) is 5.92 Å². The average Bonchev–Trinajstić information content (AvgIpc) is 2.23. The van der Waals surface area contributed by atoms with E-state index in [0.717, 1.165) is 6.42 Å². The zero-order valence-corrected chi connectivity index (χ0v) is 9.29. The molecule has 0 aliphatic rings. The molecule has 0 bridgehead atoms.